The highest BCUT2D eigenvalue weighted by atomic mass is 32.2. The van der Waals surface area contributed by atoms with Crippen molar-refractivity contribution in [3.8, 4) is 0 Å². The minimum absolute atomic E-state index is 0.00815. The maximum absolute atomic E-state index is 12.5. The van der Waals surface area contributed by atoms with E-state index in [9.17, 15) is 8.42 Å². The first-order valence-electron chi connectivity index (χ1n) is 6.78. The number of hydrogen-bond acceptors (Lipinski definition) is 5. The summed E-state index contributed by atoms with van der Waals surface area (Å²) in [6, 6.07) is 5.21. The van der Waals surface area contributed by atoms with Crippen LogP contribution in [0.25, 0.3) is 5.65 Å². The molecule has 1 fully saturated rings. The van der Waals surface area contributed by atoms with Crippen molar-refractivity contribution in [2.24, 2.45) is 0 Å². The van der Waals surface area contributed by atoms with E-state index < -0.39 is 15.6 Å². The molecule has 3 heterocycles. The Morgan fingerprint density at radius 3 is 3.05 bits per heavy atom. The van der Waals surface area contributed by atoms with Gasteiger partial charge in [-0.25, -0.2) is 18.1 Å². The van der Waals surface area contributed by atoms with Crippen molar-refractivity contribution in [2.75, 3.05) is 18.9 Å². The molecule has 21 heavy (non-hydrogen) atoms. The number of fused-ring (bicyclic) bond motifs is 1. The molecule has 0 aromatic carbocycles. The Balaban J connectivity index is 1.91. The lowest BCUT2D eigenvalue weighted by Gasteiger charge is -2.23. The van der Waals surface area contributed by atoms with Crippen molar-refractivity contribution in [1.82, 2.24) is 14.1 Å². The molecule has 1 aliphatic heterocycles. The van der Waals surface area contributed by atoms with Crippen molar-refractivity contribution >= 4 is 21.5 Å². The van der Waals surface area contributed by atoms with Gasteiger partial charge in [0.05, 0.1) is 5.60 Å². The Morgan fingerprint density at radius 2 is 2.33 bits per heavy atom. The van der Waals surface area contributed by atoms with Crippen LogP contribution < -0.4 is 10.5 Å². The molecule has 3 rings (SSSR count). The fraction of sp³-hybridized carbons (Fsp3) is 0.462. The van der Waals surface area contributed by atoms with Crippen LogP contribution in [0.1, 0.15) is 19.8 Å². The molecule has 0 radical (unpaired) electrons. The van der Waals surface area contributed by atoms with E-state index in [4.69, 9.17) is 10.5 Å². The van der Waals surface area contributed by atoms with Crippen LogP contribution in [0.3, 0.4) is 0 Å². The normalized spacial score (nSPS) is 22.9. The van der Waals surface area contributed by atoms with Gasteiger partial charge in [0.2, 0.25) is 0 Å². The van der Waals surface area contributed by atoms with E-state index in [0.717, 1.165) is 12.8 Å². The van der Waals surface area contributed by atoms with Crippen LogP contribution in [0.4, 0.5) is 5.82 Å². The van der Waals surface area contributed by atoms with Crippen molar-refractivity contribution in [2.45, 2.75) is 30.4 Å². The summed E-state index contributed by atoms with van der Waals surface area (Å²) in [5.74, 6) is -0.00815. The van der Waals surface area contributed by atoms with E-state index in [0.29, 0.717) is 12.3 Å². The summed E-state index contributed by atoms with van der Waals surface area (Å²) >= 11 is 0. The highest BCUT2D eigenvalue weighted by Crippen LogP contribution is 2.25. The number of sulfonamides is 1. The third kappa shape index (κ3) is 2.61. The molecule has 0 bridgehead atoms. The molecule has 0 amide bonds. The Labute approximate surface area is 123 Å². The lowest BCUT2D eigenvalue weighted by Crippen LogP contribution is -2.40. The number of anilines is 1. The van der Waals surface area contributed by atoms with Gasteiger partial charge in [0.15, 0.2) is 10.8 Å². The summed E-state index contributed by atoms with van der Waals surface area (Å²) < 4.78 is 34.7. The first-order valence-corrected chi connectivity index (χ1v) is 8.26. The predicted octanol–water partition coefficient (Wildman–Crippen LogP) is 0.764. The number of aromatic nitrogens is 2. The van der Waals surface area contributed by atoms with Crippen LogP contribution in [-0.4, -0.2) is 36.6 Å². The Bertz CT molecular complexity index is 763. The smallest absolute Gasteiger partial charge is 0.260 e. The second-order valence-corrected chi connectivity index (χ2v) is 7.14. The summed E-state index contributed by atoms with van der Waals surface area (Å²) in [6.45, 7) is 2.78. The summed E-state index contributed by atoms with van der Waals surface area (Å²) in [4.78, 5) is 4.07. The molecule has 0 saturated carbocycles. The number of nitrogens with one attached hydrogen (secondary N) is 1. The van der Waals surface area contributed by atoms with Gasteiger partial charge in [0, 0.05) is 19.3 Å². The van der Waals surface area contributed by atoms with Gasteiger partial charge in [-0.15, -0.1) is 0 Å². The zero-order valence-electron chi connectivity index (χ0n) is 11.7. The maximum Gasteiger partial charge on any atom is 0.260 e. The highest BCUT2D eigenvalue weighted by Gasteiger charge is 2.33. The van der Waals surface area contributed by atoms with Crippen molar-refractivity contribution in [3.05, 3.63) is 24.4 Å². The third-order valence-electron chi connectivity index (χ3n) is 3.70. The molecule has 8 heteroatoms. The summed E-state index contributed by atoms with van der Waals surface area (Å²) in [5, 5.41) is -0.0281. The lowest BCUT2D eigenvalue weighted by atomic mass is 10.0. The van der Waals surface area contributed by atoms with E-state index in [1.807, 2.05) is 6.92 Å². The average Bonchev–Trinajstić information content (AvgIpc) is 3.00. The third-order valence-corrected chi connectivity index (χ3v) is 5.14. The van der Waals surface area contributed by atoms with Gasteiger partial charge in [-0.1, -0.05) is 6.07 Å². The molecule has 1 atom stereocenters. The summed E-state index contributed by atoms with van der Waals surface area (Å²) in [7, 11) is -3.75. The maximum atomic E-state index is 12.5. The number of hydrogen-bond donors (Lipinski definition) is 2. The molecule has 0 aliphatic carbocycles. The molecule has 1 aliphatic rings. The molecular formula is C13H18N4O3S. The average molecular weight is 310 g/mol. The molecule has 7 nitrogen and oxygen atoms in total. The standard InChI is InChI=1S/C13H18N4O3S/c1-13(6-4-8-20-13)9-15-21(18,19)12-11(14)16-10-5-2-3-7-17(10)12/h2-3,5,7,15H,4,6,8-9,14H2,1H3. The number of nitrogen functional groups attached to an aromatic ring is 1. The summed E-state index contributed by atoms with van der Waals surface area (Å²) in [5.41, 5.74) is 5.82. The molecule has 2 aromatic heterocycles. The number of ether oxygens (including phenoxy) is 1. The number of imidazole rings is 1. The first kappa shape index (κ1) is 14.3. The number of rotatable bonds is 4. The van der Waals surface area contributed by atoms with Crippen LogP contribution in [0.15, 0.2) is 29.4 Å². The van der Waals surface area contributed by atoms with E-state index in [-0.39, 0.29) is 17.4 Å². The van der Waals surface area contributed by atoms with Gasteiger partial charge in [-0.2, -0.15) is 0 Å². The highest BCUT2D eigenvalue weighted by molar-refractivity contribution is 7.89. The monoisotopic (exact) mass is 310 g/mol. The van der Waals surface area contributed by atoms with Crippen LogP contribution in [0.2, 0.25) is 0 Å². The second kappa shape index (κ2) is 4.97. The van der Waals surface area contributed by atoms with Crippen LogP contribution in [0, 0.1) is 0 Å². The summed E-state index contributed by atoms with van der Waals surface area (Å²) in [6.07, 6.45) is 3.40. The van der Waals surface area contributed by atoms with E-state index in [2.05, 4.69) is 9.71 Å². The topological polar surface area (TPSA) is 98.7 Å². The fourth-order valence-electron chi connectivity index (χ4n) is 2.55. The fourth-order valence-corrected chi connectivity index (χ4v) is 3.92. The van der Waals surface area contributed by atoms with E-state index in [1.54, 1.807) is 24.4 Å². The van der Waals surface area contributed by atoms with Crippen LogP contribution in [-0.2, 0) is 14.8 Å². The Kier molecular flexibility index (Phi) is 3.39. The molecule has 114 valence electrons. The van der Waals surface area contributed by atoms with E-state index >= 15 is 0 Å². The van der Waals surface area contributed by atoms with Gasteiger partial charge >= 0.3 is 0 Å². The Morgan fingerprint density at radius 1 is 1.52 bits per heavy atom. The molecule has 1 unspecified atom stereocenters. The number of pyridine rings is 1. The molecule has 1 saturated heterocycles. The molecule has 2 aromatic rings. The molecular weight excluding hydrogens is 292 g/mol. The van der Waals surface area contributed by atoms with E-state index in [1.165, 1.54) is 4.40 Å². The largest absolute Gasteiger partial charge is 0.381 e. The van der Waals surface area contributed by atoms with Crippen molar-refractivity contribution in [1.29, 1.82) is 0 Å². The lowest BCUT2D eigenvalue weighted by molar-refractivity contribution is 0.0250. The first-order chi connectivity index (χ1) is 9.91. The van der Waals surface area contributed by atoms with Crippen LogP contribution in [0.5, 0.6) is 0 Å². The van der Waals surface area contributed by atoms with Gasteiger partial charge < -0.3 is 10.5 Å². The minimum Gasteiger partial charge on any atom is -0.381 e. The second-order valence-electron chi connectivity index (χ2n) is 5.46. The van der Waals surface area contributed by atoms with Gasteiger partial charge in [0.1, 0.15) is 5.65 Å². The zero-order chi connectivity index (χ0) is 15.1. The minimum atomic E-state index is -3.75. The molecule has 0 spiro atoms. The number of nitrogens with zero attached hydrogens (tertiary/aromatic N) is 2. The quantitative estimate of drug-likeness (QED) is 0.869. The van der Waals surface area contributed by atoms with Gasteiger partial charge in [0.25, 0.3) is 10.0 Å². The molecule has 3 N–H and O–H groups in total. The van der Waals surface area contributed by atoms with Gasteiger partial charge in [-0.05, 0) is 31.9 Å². The predicted molar refractivity (Wildman–Crippen MR) is 78.4 cm³/mol. The van der Waals surface area contributed by atoms with Crippen LogP contribution >= 0.6 is 0 Å². The Hall–Kier alpha value is -1.64. The number of nitrogens with two attached hydrogens (primary N) is 1. The SMILES string of the molecule is CC1(CNS(=O)(=O)c2c(N)nc3ccccn23)CCCO1. The zero-order valence-corrected chi connectivity index (χ0v) is 12.6. The van der Waals surface area contributed by atoms with Gasteiger partial charge in [-0.3, -0.25) is 4.40 Å². The van der Waals surface area contributed by atoms with Crippen molar-refractivity contribution in [3.63, 3.8) is 0 Å². The van der Waals surface area contributed by atoms with Crippen molar-refractivity contribution < 1.29 is 13.2 Å².